The molecule has 3 rings (SSSR count). The van der Waals surface area contributed by atoms with Gasteiger partial charge in [-0.2, -0.15) is 0 Å². The van der Waals surface area contributed by atoms with E-state index >= 15 is 0 Å². The Balaban J connectivity index is 1.52. The number of para-hydroxylation sites is 2. The van der Waals surface area contributed by atoms with Gasteiger partial charge in [0.1, 0.15) is 5.75 Å². The zero-order chi connectivity index (χ0) is 17.8. The number of nitrogens with one attached hydrogen (secondary N) is 1. The van der Waals surface area contributed by atoms with Gasteiger partial charge in [-0.05, 0) is 18.6 Å². The quantitative estimate of drug-likeness (QED) is 0.791. The summed E-state index contributed by atoms with van der Waals surface area (Å²) >= 11 is 0. The van der Waals surface area contributed by atoms with Crippen molar-refractivity contribution >= 4 is 17.5 Å². The van der Waals surface area contributed by atoms with Crippen molar-refractivity contribution in [2.24, 2.45) is 11.8 Å². The molecular formula is C19H25N3O3. The summed E-state index contributed by atoms with van der Waals surface area (Å²) < 4.78 is 5.42. The number of ether oxygens (including phenoxy) is 1. The highest BCUT2D eigenvalue weighted by atomic mass is 16.5. The molecule has 1 saturated heterocycles. The maximum absolute atomic E-state index is 12.6. The largest absolute Gasteiger partial charge is 0.495 e. The van der Waals surface area contributed by atoms with E-state index in [-0.39, 0.29) is 23.7 Å². The molecule has 2 fully saturated rings. The number of carbonyl (C=O) groups excluding carboxylic acids is 2. The molecule has 0 bridgehead atoms. The Labute approximate surface area is 148 Å². The Hall–Kier alpha value is -2.50. The molecule has 134 valence electrons. The number of nitrogens with zero attached hydrogens (tertiary/aromatic N) is 2. The lowest BCUT2D eigenvalue weighted by Gasteiger charge is -2.36. The fourth-order valence-electron chi connectivity index (χ4n) is 3.35. The molecule has 2 amide bonds. The minimum absolute atomic E-state index is 0.0362. The zero-order valence-corrected chi connectivity index (χ0v) is 14.6. The van der Waals surface area contributed by atoms with E-state index in [2.05, 4.69) is 16.8 Å². The average molecular weight is 343 g/mol. The van der Waals surface area contributed by atoms with Gasteiger partial charge >= 0.3 is 0 Å². The van der Waals surface area contributed by atoms with Gasteiger partial charge in [0, 0.05) is 32.7 Å². The first-order valence-corrected chi connectivity index (χ1v) is 8.71. The van der Waals surface area contributed by atoms with E-state index in [9.17, 15) is 9.59 Å². The topological polar surface area (TPSA) is 61.9 Å². The van der Waals surface area contributed by atoms with E-state index in [1.807, 2.05) is 29.2 Å². The molecule has 0 aromatic heterocycles. The van der Waals surface area contributed by atoms with Crippen molar-refractivity contribution in [3.05, 3.63) is 36.9 Å². The number of piperazine rings is 1. The zero-order valence-electron chi connectivity index (χ0n) is 14.6. The fourth-order valence-corrected chi connectivity index (χ4v) is 3.35. The first kappa shape index (κ1) is 17.3. The Bertz CT molecular complexity index is 653. The van der Waals surface area contributed by atoms with Crippen molar-refractivity contribution < 1.29 is 14.3 Å². The molecule has 0 radical (unpaired) electrons. The number of anilines is 1. The van der Waals surface area contributed by atoms with Gasteiger partial charge in [0.25, 0.3) is 0 Å². The standard InChI is InChI=1S/C19H25N3O3/c1-3-8-20-18(23)14-13-15(14)19(24)22-11-9-21(10-12-22)16-6-4-5-7-17(16)25-2/h3-7,14-15H,1,8-13H2,2H3,(H,20,23). The fraction of sp³-hybridized carbons (Fsp3) is 0.474. The van der Waals surface area contributed by atoms with Crippen molar-refractivity contribution in [1.29, 1.82) is 0 Å². The number of methoxy groups -OCH3 is 1. The van der Waals surface area contributed by atoms with Gasteiger partial charge in [-0.1, -0.05) is 18.2 Å². The molecule has 1 aromatic carbocycles. The third-order valence-corrected chi connectivity index (χ3v) is 4.88. The Morgan fingerprint density at radius 1 is 1.24 bits per heavy atom. The van der Waals surface area contributed by atoms with Crippen molar-refractivity contribution in [2.75, 3.05) is 44.7 Å². The van der Waals surface area contributed by atoms with Gasteiger partial charge in [0.2, 0.25) is 11.8 Å². The van der Waals surface area contributed by atoms with Crippen LogP contribution in [-0.4, -0.2) is 56.5 Å². The third-order valence-electron chi connectivity index (χ3n) is 4.88. The summed E-state index contributed by atoms with van der Waals surface area (Å²) in [5.74, 6) is 0.607. The van der Waals surface area contributed by atoms with Crippen LogP contribution in [0.4, 0.5) is 5.69 Å². The summed E-state index contributed by atoms with van der Waals surface area (Å²) in [5.41, 5.74) is 1.06. The smallest absolute Gasteiger partial charge is 0.226 e. The van der Waals surface area contributed by atoms with Gasteiger partial charge in [-0.25, -0.2) is 0 Å². The molecule has 6 nitrogen and oxygen atoms in total. The van der Waals surface area contributed by atoms with E-state index in [4.69, 9.17) is 4.74 Å². The lowest BCUT2D eigenvalue weighted by atomic mass is 10.2. The van der Waals surface area contributed by atoms with Crippen LogP contribution in [-0.2, 0) is 9.59 Å². The lowest BCUT2D eigenvalue weighted by Crippen LogP contribution is -2.49. The van der Waals surface area contributed by atoms with Crippen molar-refractivity contribution in [2.45, 2.75) is 6.42 Å². The highest BCUT2D eigenvalue weighted by molar-refractivity contribution is 5.92. The molecular weight excluding hydrogens is 318 g/mol. The number of amides is 2. The minimum Gasteiger partial charge on any atom is -0.495 e. The van der Waals surface area contributed by atoms with Crippen LogP contribution in [0.1, 0.15) is 6.42 Å². The second-order valence-electron chi connectivity index (χ2n) is 6.47. The summed E-state index contributed by atoms with van der Waals surface area (Å²) in [5, 5.41) is 2.77. The summed E-state index contributed by atoms with van der Waals surface area (Å²) in [6.07, 6.45) is 2.31. The van der Waals surface area contributed by atoms with E-state index in [0.29, 0.717) is 26.1 Å². The Morgan fingerprint density at radius 3 is 2.64 bits per heavy atom. The summed E-state index contributed by atoms with van der Waals surface area (Å²) in [4.78, 5) is 28.6. The van der Waals surface area contributed by atoms with Crippen LogP contribution in [0, 0.1) is 11.8 Å². The predicted molar refractivity (Wildman–Crippen MR) is 96.6 cm³/mol. The SMILES string of the molecule is C=CCNC(=O)C1CC1C(=O)N1CCN(c2ccccc2OC)CC1. The van der Waals surface area contributed by atoms with Crippen LogP contribution in [0.2, 0.25) is 0 Å². The van der Waals surface area contributed by atoms with Crippen LogP contribution >= 0.6 is 0 Å². The number of benzene rings is 1. The molecule has 6 heteroatoms. The summed E-state index contributed by atoms with van der Waals surface area (Å²) in [6, 6.07) is 7.93. The molecule has 1 aliphatic carbocycles. The number of hydrogen-bond acceptors (Lipinski definition) is 4. The van der Waals surface area contributed by atoms with Crippen molar-refractivity contribution in [3.63, 3.8) is 0 Å². The minimum atomic E-state index is -0.167. The highest BCUT2D eigenvalue weighted by Gasteiger charge is 2.49. The van der Waals surface area contributed by atoms with Gasteiger partial charge in [0.05, 0.1) is 24.6 Å². The Kier molecular flexibility index (Phi) is 5.26. The van der Waals surface area contributed by atoms with Crippen LogP contribution in [0.3, 0.4) is 0 Å². The van der Waals surface area contributed by atoms with Crippen LogP contribution in [0.25, 0.3) is 0 Å². The number of rotatable bonds is 6. The van der Waals surface area contributed by atoms with Gasteiger partial charge in [0.15, 0.2) is 0 Å². The molecule has 1 heterocycles. The average Bonchev–Trinajstić information content (AvgIpc) is 3.46. The van der Waals surface area contributed by atoms with Gasteiger partial charge in [-0.15, -0.1) is 6.58 Å². The predicted octanol–water partition coefficient (Wildman–Crippen LogP) is 1.28. The molecule has 1 aromatic rings. The van der Waals surface area contributed by atoms with Crippen LogP contribution in [0.15, 0.2) is 36.9 Å². The molecule has 1 aliphatic heterocycles. The van der Waals surface area contributed by atoms with E-state index in [1.54, 1.807) is 13.2 Å². The maximum atomic E-state index is 12.6. The Morgan fingerprint density at radius 2 is 1.96 bits per heavy atom. The lowest BCUT2D eigenvalue weighted by molar-refractivity contribution is -0.135. The second kappa shape index (κ2) is 7.59. The maximum Gasteiger partial charge on any atom is 0.226 e. The number of hydrogen-bond donors (Lipinski definition) is 1. The first-order valence-electron chi connectivity index (χ1n) is 8.71. The van der Waals surface area contributed by atoms with E-state index in [1.165, 1.54) is 0 Å². The highest BCUT2D eigenvalue weighted by Crippen LogP contribution is 2.40. The van der Waals surface area contributed by atoms with Gasteiger partial charge < -0.3 is 19.9 Å². The van der Waals surface area contributed by atoms with Crippen molar-refractivity contribution in [3.8, 4) is 5.75 Å². The molecule has 2 unspecified atom stereocenters. The molecule has 2 aliphatic rings. The molecule has 0 spiro atoms. The molecule has 1 saturated carbocycles. The molecule has 25 heavy (non-hydrogen) atoms. The van der Waals surface area contributed by atoms with Crippen molar-refractivity contribution in [1.82, 2.24) is 10.2 Å². The van der Waals surface area contributed by atoms with E-state index in [0.717, 1.165) is 24.5 Å². The summed E-state index contributed by atoms with van der Waals surface area (Å²) in [6.45, 7) is 6.92. The molecule has 1 N–H and O–H groups in total. The first-order chi connectivity index (χ1) is 12.2. The van der Waals surface area contributed by atoms with Gasteiger partial charge in [-0.3, -0.25) is 9.59 Å². The third kappa shape index (κ3) is 3.78. The van der Waals surface area contributed by atoms with Crippen LogP contribution in [0.5, 0.6) is 5.75 Å². The van der Waals surface area contributed by atoms with Crippen LogP contribution < -0.4 is 15.0 Å². The van der Waals surface area contributed by atoms with E-state index < -0.39 is 0 Å². The normalized spacial score (nSPS) is 22.3. The molecule has 2 atom stereocenters. The second-order valence-corrected chi connectivity index (χ2v) is 6.47. The monoisotopic (exact) mass is 343 g/mol. The summed E-state index contributed by atoms with van der Waals surface area (Å²) in [7, 11) is 1.67. The number of carbonyl (C=O) groups is 2.